The van der Waals surface area contributed by atoms with Gasteiger partial charge >= 0.3 is 5.97 Å². The van der Waals surface area contributed by atoms with E-state index in [0.717, 1.165) is 5.56 Å². The number of esters is 1. The second-order valence-electron chi connectivity index (χ2n) is 8.43. The number of benzene rings is 3. The summed E-state index contributed by atoms with van der Waals surface area (Å²) in [5.74, 6) is 1.06. The second-order valence-corrected chi connectivity index (χ2v) is 8.43. The Kier molecular flexibility index (Phi) is 8.22. The van der Waals surface area contributed by atoms with Crippen molar-refractivity contribution in [2.24, 2.45) is 0 Å². The van der Waals surface area contributed by atoms with Crippen LogP contribution in [0.3, 0.4) is 0 Å². The molecule has 0 aliphatic heterocycles. The minimum atomic E-state index is -0.456. The molecule has 0 bridgehead atoms. The zero-order valence-electron chi connectivity index (χ0n) is 20.6. The van der Waals surface area contributed by atoms with Crippen molar-refractivity contribution in [2.75, 3.05) is 19.8 Å². The number of fused-ring (bicyclic) bond motifs is 3. The van der Waals surface area contributed by atoms with Crippen LogP contribution in [0.5, 0.6) is 11.5 Å². The maximum absolute atomic E-state index is 12.2. The molecule has 4 rings (SSSR count). The molecule has 0 fully saturated rings. The van der Waals surface area contributed by atoms with Crippen LogP contribution in [0.1, 0.15) is 49.9 Å². The normalized spacial score (nSPS) is 13.3. The molecule has 1 aliphatic carbocycles. The topological polar surface area (TPSA) is 56.8 Å². The van der Waals surface area contributed by atoms with Crippen molar-refractivity contribution in [2.45, 2.75) is 39.3 Å². The molecule has 1 unspecified atom stereocenters. The molecule has 0 radical (unpaired) electrons. The molecular weight excluding hydrogens is 438 g/mol. The van der Waals surface area contributed by atoms with E-state index in [2.05, 4.69) is 53.8 Å². The molecule has 0 saturated heterocycles. The first kappa shape index (κ1) is 24.6. The van der Waals surface area contributed by atoms with Crippen LogP contribution in [0, 0.1) is 0 Å². The van der Waals surface area contributed by atoms with Gasteiger partial charge in [-0.2, -0.15) is 0 Å². The second kappa shape index (κ2) is 11.7. The molecule has 5 nitrogen and oxygen atoms in total. The fraction of sp³-hybridized carbons (Fsp3) is 0.300. The Balaban J connectivity index is 1.51. The zero-order chi connectivity index (χ0) is 24.6. The number of hydrogen-bond donors (Lipinski definition) is 1. The lowest BCUT2D eigenvalue weighted by molar-refractivity contribution is -0.150. The zero-order valence-corrected chi connectivity index (χ0v) is 20.6. The van der Waals surface area contributed by atoms with E-state index in [1.165, 1.54) is 22.3 Å². The molecule has 182 valence electrons. The predicted octanol–water partition coefficient (Wildman–Crippen LogP) is 6.18. The Labute approximate surface area is 207 Å². The summed E-state index contributed by atoms with van der Waals surface area (Å²) in [5.41, 5.74) is 5.95. The molecule has 0 amide bonds. The van der Waals surface area contributed by atoms with Crippen molar-refractivity contribution >= 4 is 12.0 Å². The molecule has 0 aromatic heterocycles. The van der Waals surface area contributed by atoms with E-state index in [1.54, 1.807) is 6.92 Å². The first-order valence-corrected chi connectivity index (χ1v) is 12.3. The Morgan fingerprint density at radius 2 is 1.63 bits per heavy atom. The van der Waals surface area contributed by atoms with Crippen LogP contribution in [0.2, 0.25) is 0 Å². The average molecular weight is 472 g/mol. The summed E-state index contributed by atoms with van der Waals surface area (Å²) in [6, 6.07) is 22.7. The highest BCUT2D eigenvalue weighted by Gasteiger charge is 2.29. The third kappa shape index (κ3) is 5.75. The van der Waals surface area contributed by atoms with Crippen LogP contribution in [0.15, 0.2) is 72.8 Å². The summed E-state index contributed by atoms with van der Waals surface area (Å²) in [6.07, 6.45) is 3.84. The highest BCUT2D eigenvalue weighted by atomic mass is 16.6. The average Bonchev–Trinajstić information content (AvgIpc) is 3.20. The van der Waals surface area contributed by atoms with Crippen molar-refractivity contribution in [1.82, 2.24) is 5.32 Å². The number of carbonyl (C=O) groups excluding carboxylic acids is 1. The summed E-state index contributed by atoms with van der Waals surface area (Å²) in [7, 11) is 0. The van der Waals surface area contributed by atoms with E-state index in [-0.39, 0.29) is 18.6 Å². The number of rotatable bonds is 11. The lowest BCUT2D eigenvalue weighted by Crippen LogP contribution is -2.37. The van der Waals surface area contributed by atoms with E-state index >= 15 is 0 Å². The summed E-state index contributed by atoms with van der Waals surface area (Å²) >= 11 is 0. The van der Waals surface area contributed by atoms with Crippen LogP contribution in [-0.2, 0) is 9.53 Å². The lowest BCUT2D eigenvalue weighted by atomic mass is 10.1. The van der Waals surface area contributed by atoms with Crippen molar-refractivity contribution in [3.63, 3.8) is 0 Å². The Bertz CT molecular complexity index is 1140. The van der Waals surface area contributed by atoms with Crippen LogP contribution in [0.4, 0.5) is 0 Å². The summed E-state index contributed by atoms with van der Waals surface area (Å²) < 4.78 is 17.7. The van der Waals surface area contributed by atoms with Crippen molar-refractivity contribution in [3.8, 4) is 22.6 Å². The predicted molar refractivity (Wildman–Crippen MR) is 140 cm³/mol. The fourth-order valence-corrected chi connectivity index (χ4v) is 4.42. The van der Waals surface area contributed by atoms with Crippen molar-refractivity contribution in [3.05, 3.63) is 89.5 Å². The molecule has 3 aromatic rings. The van der Waals surface area contributed by atoms with Gasteiger partial charge in [0.05, 0.1) is 12.6 Å². The van der Waals surface area contributed by atoms with Crippen LogP contribution in [0.25, 0.3) is 17.2 Å². The number of nitrogens with one attached hydrogen (secondary N) is 1. The van der Waals surface area contributed by atoms with Gasteiger partial charge in [0.2, 0.25) is 0 Å². The molecule has 0 spiro atoms. The van der Waals surface area contributed by atoms with E-state index in [0.29, 0.717) is 31.1 Å². The first-order valence-electron chi connectivity index (χ1n) is 12.3. The highest BCUT2D eigenvalue weighted by molar-refractivity contribution is 5.78. The summed E-state index contributed by atoms with van der Waals surface area (Å²) in [6.45, 7) is 6.92. The van der Waals surface area contributed by atoms with Gasteiger partial charge in [0.1, 0.15) is 12.7 Å². The number of ether oxygens (including phenoxy) is 3. The molecule has 35 heavy (non-hydrogen) atoms. The summed E-state index contributed by atoms with van der Waals surface area (Å²) in [5, 5.41) is 3.63. The van der Waals surface area contributed by atoms with Crippen molar-refractivity contribution < 1.29 is 19.0 Å². The smallest absolute Gasteiger partial charge is 0.305 e. The standard InChI is InChI=1S/C30H33NO4/c1-4-11-21-16-17-27(33-6-3)28(18-21)34-20-22(35-29(32)5-2)19-31-30-25-14-9-7-12-23(25)24-13-8-10-15-26(24)30/h4,7-18,22,30-31H,5-6,19-20H2,1-3H3. The van der Waals surface area contributed by atoms with Crippen LogP contribution < -0.4 is 14.8 Å². The monoisotopic (exact) mass is 471 g/mol. The van der Waals surface area contributed by atoms with Crippen molar-refractivity contribution in [1.29, 1.82) is 0 Å². The summed E-state index contributed by atoms with van der Waals surface area (Å²) in [4.78, 5) is 12.2. The van der Waals surface area contributed by atoms with Crippen LogP contribution >= 0.6 is 0 Å². The quantitative estimate of drug-likeness (QED) is 0.339. The van der Waals surface area contributed by atoms with Gasteiger partial charge in [-0.3, -0.25) is 4.79 Å². The highest BCUT2D eigenvalue weighted by Crippen LogP contribution is 2.43. The van der Waals surface area contributed by atoms with Gasteiger partial charge in [-0.15, -0.1) is 0 Å². The number of carbonyl (C=O) groups is 1. The van der Waals surface area contributed by atoms with E-state index in [9.17, 15) is 4.79 Å². The largest absolute Gasteiger partial charge is 0.490 e. The molecule has 1 N–H and O–H groups in total. The molecule has 0 heterocycles. The lowest BCUT2D eigenvalue weighted by Gasteiger charge is -2.23. The van der Waals surface area contributed by atoms with Crippen LogP contribution in [-0.4, -0.2) is 31.8 Å². The number of allylic oxidation sites excluding steroid dienone is 1. The number of hydrogen-bond acceptors (Lipinski definition) is 5. The van der Waals surface area contributed by atoms with Gasteiger partial charge in [0.15, 0.2) is 11.5 Å². The molecular formula is C30H33NO4. The Morgan fingerprint density at radius 3 is 2.26 bits per heavy atom. The van der Waals surface area contributed by atoms with Gasteiger partial charge in [-0.25, -0.2) is 0 Å². The Hall–Kier alpha value is -3.57. The molecule has 1 atom stereocenters. The minimum Gasteiger partial charge on any atom is -0.490 e. The fourth-order valence-electron chi connectivity index (χ4n) is 4.42. The maximum Gasteiger partial charge on any atom is 0.305 e. The third-order valence-electron chi connectivity index (χ3n) is 6.02. The van der Waals surface area contributed by atoms with Gasteiger partial charge in [0.25, 0.3) is 0 Å². The third-order valence-corrected chi connectivity index (χ3v) is 6.02. The Morgan fingerprint density at radius 1 is 0.943 bits per heavy atom. The van der Waals surface area contributed by atoms with Gasteiger partial charge < -0.3 is 19.5 Å². The maximum atomic E-state index is 12.2. The molecule has 3 aromatic carbocycles. The molecule has 1 aliphatic rings. The van der Waals surface area contributed by atoms with Gasteiger partial charge in [-0.05, 0) is 53.8 Å². The van der Waals surface area contributed by atoms with E-state index in [4.69, 9.17) is 14.2 Å². The minimum absolute atomic E-state index is 0.0298. The van der Waals surface area contributed by atoms with Gasteiger partial charge in [0, 0.05) is 13.0 Å². The van der Waals surface area contributed by atoms with Gasteiger partial charge in [-0.1, -0.05) is 73.7 Å². The molecule has 0 saturated carbocycles. The van der Waals surface area contributed by atoms with E-state index in [1.807, 2.05) is 44.2 Å². The first-order chi connectivity index (χ1) is 17.1. The van der Waals surface area contributed by atoms with E-state index < -0.39 is 6.10 Å². The molecule has 5 heteroatoms. The SMILES string of the molecule is CC=Cc1ccc(OCC)c(OCC(CNC2c3ccccc3-c3ccccc32)OC(=O)CC)c1.